The second-order valence-electron chi connectivity index (χ2n) is 4.95. The average Bonchev–Trinajstić information content (AvgIpc) is 2.55. The highest BCUT2D eigenvalue weighted by Gasteiger charge is 2.39. The van der Waals surface area contributed by atoms with E-state index in [1.807, 2.05) is 45.0 Å². The highest BCUT2D eigenvalue weighted by atomic mass is 28.4. The molecule has 6 heteroatoms. The monoisotopic (exact) mass is 340 g/mol. The molecule has 0 bridgehead atoms. The lowest BCUT2D eigenvalue weighted by Gasteiger charge is -2.28. The lowest BCUT2D eigenvalue weighted by molar-refractivity contribution is -0.134. The first-order valence-corrected chi connectivity index (χ1v) is 10.2. The van der Waals surface area contributed by atoms with Gasteiger partial charge < -0.3 is 18.0 Å². The molecule has 0 saturated carbocycles. The molecule has 0 saturated heterocycles. The number of carbonyl (C=O) groups excluding carboxylic acids is 1. The minimum absolute atomic E-state index is 0.229. The van der Waals surface area contributed by atoms with Gasteiger partial charge in [0.2, 0.25) is 0 Å². The number of carbonyl (C=O) groups is 1. The van der Waals surface area contributed by atoms with Gasteiger partial charge in [-0.2, -0.15) is 0 Å². The standard InChI is InChI=1S/C17H28O5Si/c1-5-17(18)22-16-11-9-15(10-12-16)13-14-23(19-6-2,20-7-3)21-8-4/h9-12H,5-8,13-14H2,1-4H3. The molecule has 0 aromatic heterocycles. The average molecular weight is 340 g/mol. The van der Waals surface area contributed by atoms with E-state index in [4.69, 9.17) is 18.0 Å². The number of ether oxygens (including phenoxy) is 1. The van der Waals surface area contributed by atoms with Gasteiger partial charge in [-0.25, -0.2) is 0 Å². The molecule has 23 heavy (non-hydrogen) atoms. The highest BCUT2D eigenvalue weighted by Crippen LogP contribution is 2.21. The Morgan fingerprint density at radius 2 is 1.43 bits per heavy atom. The van der Waals surface area contributed by atoms with Crippen molar-refractivity contribution in [2.75, 3.05) is 19.8 Å². The Labute approximate surface area is 140 Å². The molecule has 1 rings (SSSR count). The minimum Gasteiger partial charge on any atom is -0.427 e. The van der Waals surface area contributed by atoms with Crippen LogP contribution in [0.3, 0.4) is 0 Å². The highest BCUT2D eigenvalue weighted by molar-refractivity contribution is 6.60. The molecule has 0 aliphatic carbocycles. The summed E-state index contributed by atoms with van der Waals surface area (Å²) in [6, 6.07) is 8.28. The number of hydrogen-bond donors (Lipinski definition) is 0. The molecule has 1 aromatic carbocycles. The first-order chi connectivity index (χ1) is 11.1. The Morgan fingerprint density at radius 1 is 0.913 bits per heavy atom. The van der Waals surface area contributed by atoms with Crippen molar-refractivity contribution in [3.63, 3.8) is 0 Å². The fourth-order valence-electron chi connectivity index (χ4n) is 2.23. The van der Waals surface area contributed by atoms with E-state index >= 15 is 0 Å². The first-order valence-electron chi connectivity index (χ1n) is 8.30. The molecule has 0 spiro atoms. The topological polar surface area (TPSA) is 54.0 Å². The largest absolute Gasteiger partial charge is 0.501 e. The molecule has 1 aromatic rings. The van der Waals surface area contributed by atoms with E-state index in [0.29, 0.717) is 32.0 Å². The van der Waals surface area contributed by atoms with Gasteiger partial charge in [0.15, 0.2) is 0 Å². The van der Waals surface area contributed by atoms with E-state index in [0.717, 1.165) is 18.0 Å². The van der Waals surface area contributed by atoms with Crippen LogP contribution >= 0.6 is 0 Å². The third-order valence-corrected chi connectivity index (χ3v) is 6.30. The number of esters is 1. The van der Waals surface area contributed by atoms with Crippen LogP contribution in [0.25, 0.3) is 0 Å². The quantitative estimate of drug-likeness (QED) is 0.350. The van der Waals surface area contributed by atoms with Crippen molar-refractivity contribution < 1.29 is 22.8 Å². The van der Waals surface area contributed by atoms with Crippen molar-refractivity contribution in [3.05, 3.63) is 29.8 Å². The molecule has 0 heterocycles. The molecule has 5 nitrogen and oxygen atoms in total. The second kappa shape index (κ2) is 10.5. The van der Waals surface area contributed by atoms with Gasteiger partial charge in [-0.05, 0) is 44.9 Å². The van der Waals surface area contributed by atoms with Crippen LogP contribution in [0.2, 0.25) is 6.04 Å². The third kappa shape index (κ3) is 6.82. The van der Waals surface area contributed by atoms with Gasteiger partial charge in [-0.1, -0.05) is 19.1 Å². The van der Waals surface area contributed by atoms with Gasteiger partial charge in [0.05, 0.1) is 0 Å². The Hall–Kier alpha value is -1.21. The molecule has 0 atom stereocenters. The molecule has 0 fully saturated rings. The molecule has 0 radical (unpaired) electrons. The molecule has 130 valence electrons. The van der Waals surface area contributed by atoms with E-state index in [-0.39, 0.29) is 5.97 Å². The number of aryl methyl sites for hydroxylation is 1. The summed E-state index contributed by atoms with van der Waals surface area (Å²) in [7, 11) is -2.61. The van der Waals surface area contributed by atoms with Crippen LogP contribution in [0, 0.1) is 0 Å². The SMILES string of the molecule is CCO[Si](CCc1ccc(OC(=O)CC)cc1)(OCC)OCC. The minimum atomic E-state index is -2.61. The number of benzene rings is 1. The summed E-state index contributed by atoms with van der Waals surface area (Å²) in [5.41, 5.74) is 1.14. The predicted molar refractivity (Wildman–Crippen MR) is 91.5 cm³/mol. The van der Waals surface area contributed by atoms with Crippen LogP contribution in [0.5, 0.6) is 5.75 Å². The smallest absolute Gasteiger partial charge is 0.427 e. The fourth-order valence-corrected chi connectivity index (χ4v) is 4.82. The maximum atomic E-state index is 11.3. The molecular weight excluding hydrogens is 312 g/mol. The van der Waals surface area contributed by atoms with E-state index in [1.54, 1.807) is 6.92 Å². The first kappa shape index (κ1) is 19.8. The number of rotatable bonds is 11. The maximum Gasteiger partial charge on any atom is 0.501 e. The Balaban J connectivity index is 2.67. The lowest BCUT2D eigenvalue weighted by Crippen LogP contribution is -2.46. The summed E-state index contributed by atoms with van der Waals surface area (Å²) in [5, 5.41) is 0. The van der Waals surface area contributed by atoms with Crippen LogP contribution in [0.1, 0.15) is 39.7 Å². The number of hydrogen-bond acceptors (Lipinski definition) is 5. The van der Waals surface area contributed by atoms with Gasteiger partial charge in [0.1, 0.15) is 5.75 Å². The van der Waals surface area contributed by atoms with Crippen LogP contribution in [-0.4, -0.2) is 34.6 Å². The van der Waals surface area contributed by atoms with Crippen molar-refractivity contribution in [2.24, 2.45) is 0 Å². The van der Waals surface area contributed by atoms with E-state index < -0.39 is 8.80 Å². The van der Waals surface area contributed by atoms with Crippen LogP contribution in [-0.2, 0) is 24.5 Å². The molecule has 0 aliphatic heterocycles. The summed E-state index contributed by atoms with van der Waals surface area (Å²) in [6.45, 7) is 9.38. The van der Waals surface area contributed by atoms with Crippen LogP contribution in [0.4, 0.5) is 0 Å². The van der Waals surface area contributed by atoms with Crippen molar-refractivity contribution >= 4 is 14.8 Å². The van der Waals surface area contributed by atoms with Gasteiger partial charge in [0.25, 0.3) is 0 Å². The van der Waals surface area contributed by atoms with Crippen LogP contribution < -0.4 is 4.74 Å². The maximum absolute atomic E-state index is 11.3. The zero-order chi connectivity index (χ0) is 17.1. The summed E-state index contributed by atoms with van der Waals surface area (Å²) < 4.78 is 22.7. The van der Waals surface area contributed by atoms with Crippen molar-refractivity contribution in [3.8, 4) is 5.75 Å². The Morgan fingerprint density at radius 3 is 1.87 bits per heavy atom. The normalized spacial score (nSPS) is 11.5. The van der Waals surface area contributed by atoms with Crippen molar-refractivity contribution in [2.45, 2.75) is 46.6 Å². The van der Waals surface area contributed by atoms with Gasteiger partial charge in [-0.15, -0.1) is 0 Å². The predicted octanol–water partition coefficient (Wildman–Crippen LogP) is 3.59. The van der Waals surface area contributed by atoms with Crippen molar-refractivity contribution in [1.82, 2.24) is 0 Å². The third-order valence-electron chi connectivity index (χ3n) is 3.26. The molecule has 0 amide bonds. The zero-order valence-electron chi connectivity index (χ0n) is 14.6. The van der Waals surface area contributed by atoms with Crippen molar-refractivity contribution in [1.29, 1.82) is 0 Å². The fraction of sp³-hybridized carbons (Fsp3) is 0.588. The summed E-state index contributed by atoms with van der Waals surface area (Å²) in [6.07, 6.45) is 1.17. The van der Waals surface area contributed by atoms with E-state index in [1.165, 1.54) is 0 Å². The zero-order valence-corrected chi connectivity index (χ0v) is 15.6. The van der Waals surface area contributed by atoms with E-state index in [9.17, 15) is 4.79 Å². The molecular formula is C17H28O5Si. The summed E-state index contributed by atoms with van der Waals surface area (Å²) >= 11 is 0. The van der Waals surface area contributed by atoms with Crippen LogP contribution in [0.15, 0.2) is 24.3 Å². The summed E-state index contributed by atoms with van der Waals surface area (Å²) in [5.74, 6) is 0.344. The van der Waals surface area contributed by atoms with Gasteiger partial charge >= 0.3 is 14.8 Å². The molecule has 0 N–H and O–H groups in total. The second-order valence-corrected chi connectivity index (χ2v) is 7.69. The van der Waals surface area contributed by atoms with Gasteiger partial charge in [0, 0.05) is 32.3 Å². The lowest BCUT2D eigenvalue weighted by atomic mass is 10.2. The molecule has 0 aliphatic rings. The molecule has 0 unspecified atom stereocenters. The Kier molecular flexibility index (Phi) is 9.09. The summed E-state index contributed by atoms with van der Waals surface area (Å²) in [4.78, 5) is 11.3. The van der Waals surface area contributed by atoms with Gasteiger partial charge in [-0.3, -0.25) is 4.79 Å². The van der Waals surface area contributed by atoms with E-state index in [2.05, 4.69) is 0 Å². The Bertz CT molecular complexity index is 444.